The van der Waals surface area contributed by atoms with E-state index in [-0.39, 0.29) is 18.4 Å². The molecular weight excluding hydrogens is 398 g/mol. The quantitative estimate of drug-likeness (QED) is 0.686. The molecule has 3 aromatic heterocycles. The number of thiazole rings is 1. The summed E-state index contributed by atoms with van der Waals surface area (Å²) >= 11 is 3.10. The lowest BCUT2D eigenvalue weighted by molar-refractivity contribution is -0.117. The van der Waals surface area contributed by atoms with E-state index in [0.717, 1.165) is 9.88 Å². The SMILES string of the molecule is Cc1cc(NC(=O)CN2CCN(C(=O)c3csc(-c4cccs4)n3)CC2)no1. The van der Waals surface area contributed by atoms with Crippen molar-refractivity contribution in [3.63, 3.8) is 0 Å². The van der Waals surface area contributed by atoms with Crippen molar-refractivity contribution in [2.75, 3.05) is 38.0 Å². The van der Waals surface area contributed by atoms with E-state index in [4.69, 9.17) is 4.52 Å². The Morgan fingerprint density at radius 1 is 1.25 bits per heavy atom. The van der Waals surface area contributed by atoms with E-state index in [9.17, 15) is 9.59 Å². The van der Waals surface area contributed by atoms with Crippen molar-refractivity contribution in [2.45, 2.75) is 6.92 Å². The number of hydrogen-bond acceptors (Lipinski definition) is 8. The fraction of sp³-hybridized carbons (Fsp3) is 0.333. The molecule has 1 fully saturated rings. The third-order valence-electron chi connectivity index (χ3n) is 4.38. The van der Waals surface area contributed by atoms with E-state index in [1.165, 1.54) is 11.3 Å². The Kier molecular flexibility index (Phi) is 5.51. The van der Waals surface area contributed by atoms with Crippen LogP contribution in [-0.2, 0) is 4.79 Å². The van der Waals surface area contributed by atoms with Gasteiger partial charge in [0.25, 0.3) is 5.91 Å². The molecule has 0 aromatic carbocycles. The number of thiophene rings is 1. The second-order valence-corrected chi connectivity index (χ2v) is 8.26. The lowest BCUT2D eigenvalue weighted by Gasteiger charge is -2.33. The van der Waals surface area contributed by atoms with Gasteiger partial charge in [-0.05, 0) is 18.4 Å². The number of aryl methyl sites for hydroxylation is 1. The summed E-state index contributed by atoms with van der Waals surface area (Å²) in [5.41, 5.74) is 0.487. The molecule has 0 unspecified atom stereocenters. The lowest BCUT2D eigenvalue weighted by Crippen LogP contribution is -2.50. The molecule has 1 aliphatic rings. The molecule has 28 heavy (non-hydrogen) atoms. The number of aromatic nitrogens is 2. The van der Waals surface area contributed by atoms with Crippen molar-refractivity contribution in [1.29, 1.82) is 0 Å². The van der Waals surface area contributed by atoms with E-state index in [2.05, 4.69) is 15.5 Å². The third kappa shape index (κ3) is 4.29. The minimum atomic E-state index is -0.145. The van der Waals surface area contributed by atoms with Crippen LogP contribution in [0.5, 0.6) is 0 Å². The van der Waals surface area contributed by atoms with Crippen LogP contribution in [0.25, 0.3) is 9.88 Å². The summed E-state index contributed by atoms with van der Waals surface area (Å²) in [5.74, 6) is 0.863. The predicted octanol–water partition coefficient (Wildman–Crippen LogP) is 2.56. The van der Waals surface area contributed by atoms with Gasteiger partial charge in [0.1, 0.15) is 16.5 Å². The number of nitrogens with zero attached hydrogens (tertiary/aromatic N) is 4. The smallest absolute Gasteiger partial charge is 0.273 e. The molecule has 8 nitrogen and oxygen atoms in total. The average Bonchev–Trinajstić information content (AvgIpc) is 3.43. The standard InChI is InChI=1S/C18H19N5O3S2/c1-12-9-15(21-26-12)20-16(24)10-22-4-6-23(7-5-22)18(25)13-11-28-17(19-13)14-3-2-8-27-14/h2-3,8-9,11H,4-7,10H2,1H3,(H,20,21,24). The van der Waals surface area contributed by atoms with Crippen LogP contribution in [0.2, 0.25) is 0 Å². The number of carbonyl (C=O) groups excluding carboxylic acids is 2. The van der Waals surface area contributed by atoms with Crippen molar-refractivity contribution < 1.29 is 14.1 Å². The molecule has 2 amide bonds. The summed E-state index contributed by atoms with van der Waals surface area (Å²) in [5, 5.41) is 11.2. The highest BCUT2D eigenvalue weighted by molar-refractivity contribution is 7.20. The monoisotopic (exact) mass is 417 g/mol. The minimum absolute atomic E-state index is 0.0544. The van der Waals surface area contributed by atoms with Gasteiger partial charge >= 0.3 is 0 Å². The van der Waals surface area contributed by atoms with Crippen LogP contribution in [0.4, 0.5) is 5.82 Å². The first-order valence-electron chi connectivity index (χ1n) is 8.83. The summed E-state index contributed by atoms with van der Waals surface area (Å²) in [7, 11) is 0. The second-order valence-electron chi connectivity index (χ2n) is 6.45. The highest BCUT2D eigenvalue weighted by Crippen LogP contribution is 2.28. The van der Waals surface area contributed by atoms with Crippen LogP contribution in [-0.4, -0.2) is 64.5 Å². The van der Waals surface area contributed by atoms with Crippen LogP contribution in [0.1, 0.15) is 16.2 Å². The molecule has 3 aromatic rings. The first kappa shape index (κ1) is 18.8. The molecule has 4 rings (SSSR count). The highest BCUT2D eigenvalue weighted by atomic mass is 32.1. The zero-order valence-electron chi connectivity index (χ0n) is 15.3. The zero-order valence-corrected chi connectivity index (χ0v) is 16.9. The number of piperazine rings is 1. The molecule has 0 bridgehead atoms. The van der Waals surface area contributed by atoms with Gasteiger partial charge < -0.3 is 14.7 Å². The van der Waals surface area contributed by atoms with Crippen molar-refractivity contribution in [3.05, 3.63) is 40.4 Å². The van der Waals surface area contributed by atoms with Crippen LogP contribution in [0, 0.1) is 6.92 Å². The Bertz CT molecular complexity index is 958. The maximum atomic E-state index is 12.7. The number of rotatable bonds is 5. The first-order chi connectivity index (χ1) is 13.6. The Hall–Kier alpha value is -2.56. The first-order valence-corrected chi connectivity index (χ1v) is 10.6. The lowest BCUT2D eigenvalue weighted by atomic mass is 10.3. The summed E-state index contributed by atoms with van der Waals surface area (Å²) in [6.45, 7) is 4.44. The van der Waals surface area contributed by atoms with Gasteiger partial charge in [0.15, 0.2) is 5.82 Å². The molecule has 0 aliphatic carbocycles. The van der Waals surface area contributed by atoms with Crippen molar-refractivity contribution in [3.8, 4) is 9.88 Å². The molecule has 4 heterocycles. The maximum absolute atomic E-state index is 12.7. The van der Waals surface area contributed by atoms with Gasteiger partial charge in [-0.25, -0.2) is 4.98 Å². The average molecular weight is 418 g/mol. The van der Waals surface area contributed by atoms with Crippen molar-refractivity contribution in [2.24, 2.45) is 0 Å². The predicted molar refractivity (Wildman–Crippen MR) is 108 cm³/mol. The number of nitrogens with one attached hydrogen (secondary N) is 1. The molecule has 0 radical (unpaired) electrons. The van der Waals surface area contributed by atoms with Crippen LogP contribution in [0.15, 0.2) is 33.5 Å². The molecule has 1 saturated heterocycles. The minimum Gasteiger partial charge on any atom is -0.360 e. The summed E-state index contributed by atoms with van der Waals surface area (Å²) in [6.07, 6.45) is 0. The molecular formula is C18H19N5O3S2. The van der Waals surface area contributed by atoms with Crippen LogP contribution in [0.3, 0.4) is 0 Å². The fourth-order valence-corrected chi connectivity index (χ4v) is 4.58. The van der Waals surface area contributed by atoms with E-state index < -0.39 is 0 Å². The normalized spacial score (nSPS) is 15.0. The molecule has 0 saturated carbocycles. The number of carbonyl (C=O) groups is 2. The molecule has 0 atom stereocenters. The van der Waals surface area contributed by atoms with Gasteiger partial charge in [-0.3, -0.25) is 14.5 Å². The summed E-state index contributed by atoms with van der Waals surface area (Å²) < 4.78 is 4.94. The fourth-order valence-electron chi connectivity index (χ4n) is 2.97. The number of amides is 2. The molecule has 1 aliphatic heterocycles. The Morgan fingerprint density at radius 2 is 2.07 bits per heavy atom. The van der Waals surface area contributed by atoms with Gasteiger partial charge in [-0.1, -0.05) is 11.2 Å². The number of anilines is 1. The molecule has 1 N–H and O–H groups in total. The molecule has 146 valence electrons. The van der Waals surface area contributed by atoms with Gasteiger partial charge in [0.05, 0.1) is 11.4 Å². The second kappa shape index (κ2) is 8.21. The topological polar surface area (TPSA) is 91.6 Å². The zero-order chi connectivity index (χ0) is 19.5. The maximum Gasteiger partial charge on any atom is 0.273 e. The van der Waals surface area contributed by atoms with Crippen LogP contribution < -0.4 is 5.32 Å². The van der Waals surface area contributed by atoms with Gasteiger partial charge in [0.2, 0.25) is 5.91 Å². The van der Waals surface area contributed by atoms with E-state index in [0.29, 0.717) is 43.5 Å². The van der Waals surface area contributed by atoms with Crippen LogP contribution >= 0.6 is 22.7 Å². The third-order valence-corrected chi connectivity index (χ3v) is 6.26. The highest BCUT2D eigenvalue weighted by Gasteiger charge is 2.25. The molecule has 0 spiro atoms. The van der Waals surface area contributed by atoms with Crippen molar-refractivity contribution >= 4 is 40.3 Å². The van der Waals surface area contributed by atoms with Gasteiger partial charge in [-0.2, -0.15) is 0 Å². The Labute approximate surface area is 169 Å². The molecule has 10 heteroatoms. The summed E-state index contributed by atoms with van der Waals surface area (Å²) in [6, 6.07) is 5.65. The summed E-state index contributed by atoms with van der Waals surface area (Å²) in [4.78, 5) is 34.2. The van der Waals surface area contributed by atoms with E-state index in [1.807, 2.05) is 27.8 Å². The van der Waals surface area contributed by atoms with E-state index in [1.54, 1.807) is 29.2 Å². The Morgan fingerprint density at radius 3 is 2.75 bits per heavy atom. The van der Waals surface area contributed by atoms with Gasteiger partial charge in [0, 0.05) is 37.6 Å². The van der Waals surface area contributed by atoms with E-state index >= 15 is 0 Å². The van der Waals surface area contributed by atoms with Crippen molar-refractivity contribution in [1.82, 2.24) is 19.9 Å². The largest absolute Gasteiger partial charge is 0.360 e. The Balaban J connectivity index is 1.28. The van der Waals surface area contributed by atoms with Gasteiger partial charge in [-0.15, -0.1) is 22.7 Å². The number of hydrogen-bond donors (Lipinski definition) is 1.